The number of pyridine rings is 2. The molecule has 0 saturated heterocycles. The Balaban J connectivity index is 1.77. The molecule has 0 fully saturated rings. The Morgan fingerprint density at radius 1 is 1.11 bits per heavy atom. The van der Waals surface area contributed by atoms with E-state index in [2.05, 4.69) is 9.97 Å². The zero-order valence-corrected chi connectivity index (χ0v) is 14.4. The second-order valence-corrected chi connectivity index (χ2v) is 6.28. The number of hydrogen-bond donors (Lipinski definition) is 0. The molecule has 7 nitrogen and oxygen atoms in total. The van der Waals surface area contributed by atoms with E-state index < -0.39 is 0 Å². The van der Waals surface area contributed by atoms with E-state index >= 15 is 0 Å². The van der Waals surface area contributed by atoms with Crippen molar-refractivity contribution in [3.63, 3.8) is 0 Å². The van der Waals surface area contributed by atoms with Crippen molar-refractivity contribution in [1.29, 1.82) is 0 Å². The molecule has 0 unspecified atom stereocenters. The van der Waals surface area contributed by atoms with Crippen LogP contribution < -0.4 is 15.2 Å². The molecule has 27 heavy (non-hydrogen) atoms. The highest BCUT2D eigenvalue weighted by Crippen LogP contribution is 2.34. The number of fused-ring (bicyclic) bond motifs is 3. The fraction of sp³-hybridized carbons (Fsp3) is 0.100. The predicted molar refractivity (Wildman–Crippen MR) is 101 cm³/mol. The second-order valence-electron chi connectivity index (χ2n) is 6.28. The highest BCUT2D eigenvalue weighted by molar-refractivity contribution is 6.07. The van der Waals surface area contributed by atoms with Gasteiger partial charge in [0.2, 0.25) is 5.91 Å². The molecule has 3 aromatic heterocycles. The van der Waals surface area contributed by atoms with Crippen LogP contribution >= 0.6 is 0 Å². The van der Waals surface area contributed by atoms with Gasteiger partial charge in [-0.15, -0.1) is 0 Å². The minimum Gasteiger partial charge on any atom is -0.493 e. The van der Waals surface area contributed by atoms with Gasteiger partial charge < -0.3 is 4.74 Å². The van der Waals surface area contributed by atoms with Crippen molar-refractivity contribution in [3.05, 3.63) is 70.8 Å². The molecular weight excluding hydrogens is 344 g/mol. The average Bonchev–Trinajstić information content (AvgIpc) is 3.03. The summed E-state index contributed by atoms with van der Waals surface area (Å²) in [5.41, 5.74) is 2.00. The second kappa shape index (κ2) is 5.63. The van der Waals surface area contributed by atoms with Crippen LogP contribution in [0.2, 0.25) is 0 Å². The fourth-order valence-electron chi connectivity index (χ4n) is 3.48. The third-order valence-electron chi connectivity index (χ3n) is 4.74. The van der Waals surface area contributed by atoms with E-state index in [1.807, 2.05) is 30.3 Å². The van der Waals surface area contributed by atoms with Crippen molar-refractivity contribution in [2.75, 3.05) is 12.0 Å². The highest BCUT2D eigenvalue weighted by atomic mass is 16.5. The zero-order chi connectivity index (χ0) is 18.5. The smallest absolute Gasteiger partial charge is 0.263 e. The molecule has 1 aliphatic heterocycles. The van der Waals surface area contributed by atoms with Crippen LogP contribution in [-0.4, -0.2) is 27.4 Å². The SMILES string of the molecule is COc1cccn2c(=O)c3c(nc12)N(c1ccc2ncccc2c1)C(=O)C3. The minimum atomic E-state index is -0.257. The normalized spacial score (nSPS) is 13.4. The van der Waals surface area contributed by atoms with Crippen LogP contribution in [0.3, 0.4) is 0 Å². The van der Waals surface area contributed by atoms with Crippen molar-refractivity contribution in [2.45, 2.75) is 6.42 Å². The first kappa shape index (κ1) is 15.5. The lowest BCUT2D eigenvalue weighted by Crippen LogP contribution is -2.22. The van der Waals surface area contributed by atoms with Crippen LogP contribution in [0, 0.1) is 0 Å². The first-order chi connectivity index (χ1) is 13.2. The van der Waals surface area contributed by atoms with Gasteiger partial charge in [0, 0.05) is 17.8 Å². The maximum Gasteiger partial charge on any atom is 0.263 e. The van der Waals surface area contributed by atoms with E-state index in [1.165, 1.54) is 16.4 Å². The van der Waals surface area contributed by atoms with Gasteiger partial charge in [-0.3, -0.25) is 23.9 Å². The number of amides is 1. The third-order valence-corrected chi connectivity index (χ3v) is 4.74. The summed E-state index contributed by atoms with van der Waals surface area (Å²) in [5.74, 6) is 0.643. The summed E-state index contributed by atoms with van der Waals surface area (Å²) in [7, 11) is 1.52. The van der Waals surface area contributed by atoms with E-state index in [1.54, 1.807) is 24.5 Å². The summed E-state index contributed by atoms with van der Waals surface area (Å²) >= 11 is 0. The number of rotatable bonds is 2. The van der Waals surface area contributed by atoms with Crippen LogP contribution in [0.15, 0.2) is 59.7 Å². The van der Waals surface area contributed by atoms with E-state index in [4.69, 9.17) is 4.74 Å². The quantitative estimate of drug-likeness (QED) is 0.550. The largest absolute Gasteiger partial charge is 0.493 e. The molecule has 4 heterocycles. The maximum atomic E-state index is 12.9. The Morgan fingerprint density at radius 3 is 2.85 bits per heavy atom. The number of nitrogens with zero attached hydrogens (tertiary/aromatic N) is 4. The van der Waals surface area contributed by atoms with Gasteiger partial charge >= 0.3 is 0 Å². The van der Waals surface area contributed by atoms with Crippen LogP contribution in [0.1, 0.15) is 5.56 Å². The molecule has 0 aliphatic carbocycles. The van der Waals surface area contributed by atoms with Crippen molar-refractivity contribution < 1.29 is 9.53 Å². The summed E-state index contributed by atoms with van der Waals surface area (Å²) in [5, 5.41) is 0.909. The zero-order valence-electron chi connectivity index (χ0n) is 14.4. The van der Waals surface area contributed by atoms with Gasteiger partial charge in [0.05, 0.1) is 30.3 Å². The van der Waals surface area contributed by atoms with Crippen LogP contribution in [0.25, 0.3) is 16.6 Å². The van der Waals surface area contributed by atoms with Gasteiger partial charge in [-0.25, -0.2) is 4.98 Å². The third kappa shape index (κ3) is 2.21. The van der Waals surface area contributed by atoms with Gasteiger partial charge in [0.1, 0.15) is 0 Å². The van der Waals surface area contributed by atoms with E-state index in [0.29, 0.717) is 28.5 Å². The molecule has 1 amide bonds. The number of aromatic nitrogens is 3. The van der Waals surface area contributed by atoms with E-state index in [9.17, 15) is 9.59 Å². The lowest BCUT2D eigenvalue weighted by molar-refractivity contribution is -0.116. The number of benzene rings is 1. The van der Waals surface area contributed by atoms with Gasteiger partial charge in [0.25, 0.3) is 5.56 Å². The molecule has 0 radical (unpaired) electrons. The molecule has 0 atom stereocenters. The number of hydrogen-bond acceptors (Lipinski definition) is 5. The minimum absolute atomic E-state index is 0.0202. The Kier molecular flexibility index (Phi) is 3.24. The molecule has 7 heteroatoms. The molecule has 0 N–H and O–H groups in total. The van der Waals surface area contributed by atoms with Gasteiger partial charge in [0.15, 0.2) is 17.2 Å². The van der Waals surface area contributed by atoms with Gasteiger partial charge in [-0.05, 0) is 36.4 Å². The van der Waals surface area contributed by atoms with Crippen molar-refractivity contribution >= 4 is 34.0 Å². The lowest BCUT2D eigenvalue weighted by atomic mass is 10.2. The predicted octanol–water partition coefficient (Wildman–Crippen LogP) is 2.47. The summed E-state index contributed by atoms with van der Waals surface area (Å²) in [4.78, 5) is 36.0. The van der Waals surface area contributed by atoms with Crippen molar-refractivity contribution in [1.82, 2.24) is 14.4 Å². The molecular formula is C20H14N4O3. The Bertz CT molecular complexity index is 1300. The fourth-order valence-corrected chi connectivity index (χ4v) is 3.48. The number of anilines is 2. The molecule has 0 spiro atoms. The highest BCUT2D eigenvalue weighted by Gasteiger charge is 2.33. The van der Waals surface area contributed by atoms with Crippen LogP contribution in [-0.2, 0) is 11.2 Å². The number of carbonyl (C=O) groups is 1. The van der Waals surface area contributed by atoms with E-state index in [0.717, 1.165) is 10.9 Å². The number of ether oxygens (including phenoxy) is 1. The average molecular weight is 358 g/mol. The monoisotopic (exact) mass is 358 g/mol. The Hall–Kier alpha value is -3.74. The molecule has 0 saturated carbocycles. The summed E-state index contributed by atoms with van der Waals surface area (Å²) in [6.07, 6.45) is 3.37. The molecule has 5 rings (SSSR count). The number of methoxy groups -OCH3 is 1. The molecule has 1 aliphatic rings. The molecule has 132 valence electrons. The van der Waals surface area contributed by atoms with Crippen LogP contribution in [0.4, 0.5) is 11.5 Å². The molecule has 4 aromatic rings. The van der Waals surface area contributed by atoms with E-state index in [-0.39, 0.29) is 17.9 Å². The topological polar surface area (TPSA) is 76.8 Å². The number of carbonyl (C=O) groups excluding carboxylic acids is 1. The standard InChI is InChI=1S/C20H14N4O3/c1-27-16-5-3-9-23-19(16)22-18-14(20(23)26)11-17(25)24(18)13-6-7-15-12(10-13)4-2-8-21-15/h2-10H,11H2,1H3. The Morgan fingerprint density at radius 2 is 2.00 bits per heavy atom. The van der Waals surface area contributed by atoms with Gasteiger partial charge in [-0.1, -0.05) is 6.07 Å². The van der Waals surface area contributed by atoms with Gasteiger partial charge in [-0.2, -0.15) is 0 Å². The van der Waals surface area contributed by atoms with Crippen molar-refractivity contribution in [3.8, 4) is 5.75 Å². The summed E-state index contributed by atoms with van der Waals surface area (Å²) in [6.45, 7) is 0. The Labute approximate surface area is 153 Å². The van der Waals surface area contributed by atoms with Crippen molar-refractivity contribution in [2.24, 2.45) is 0 Å². The summed E-state index contributed by atoms with van der Waals surface area (Å²) < 4.78 is 6.75. The molecule has 1 aromatic carbocycles. The molecule has 0 bridgehead atoms. The first-order valence-corrected chi connectivity index (χ1v) is 8.43. The maximum absolute atomic E-state index is 12.9. The first-order valence-electron chi connectivity index (χ1n) is 8.43. The summed E-state index contributed by atoms with van der Waals surface area (Å²) in [6, 6.07) is 12.8. The van der Waals surface area contributed by atoms with Crippen LogP contribution in [0.5, 0.6) is 5.75 Å². The lowest BCUT2D eigenvalue weighted by Gasteiger charge is -2.17.